The molecule has 9 heteroatoms. The maximum absolute atomic E-state index is 14.0. The molecule has 5 rings (SSSR count). The van der Waals surface area contributed by atoms with Crippen molar-refractivity contribution in [1.82, 2.24) is 20.6 Å². The van der Waals surface area contributed by atoms with Gasteiger partial charge in [-0.3, -0.25) is 14.6 Å². The van der Waals surface area contributed by atoms with E-state index in [1.807, 2.05) is 48.7 Å². The minimum atomic E-state index is -0.616. The topological polar surface area (TPSA) is 93.2 Å². The van der Waals surface area contributed by atoms with Crippen LogP contribution in [0.25, 0.3) is 10.9 Å². The van der Waals surface area contributed by atoms with E-state index in [2.05, 4.69) is 20.6 Å². The Morgan fingerprint density at radius 3 is 2.32 bits per heavy atom. The van der Waals surface area contributed by atoms with Gasteiger partial charge in [0.15, 0.2) is 0 Å². The number of amides is 2. The highest BCUT2D eigenvalue weighted by atomic mass is 32.2. The first-order valence-electron chi connectivity index (χ1n) is 12.4. The SMILES string of the molecule is CSc1cccc(Oc2ncc(F)cc2C(=O)N[C@H]2CC[C@@H](NC(=O)c3cccc4cccnc34)CC2)c1. The second kappa shape index (κ2) is 11.6. The molecule has 2 amide bonds. The van der Waals surface area contributed by atoms with Crippen LogP contribution in [0, 0.1) is 5.82 Å². The van der Waals surface area contributed by atoms with Gasteiger partial charge in [-0.05, 0) is 68.3 Å². The van der Waals surface area contributed by atoms with Crippen LogP contribution in [0.5, 0.6) is 11.6 Å². The molecule has 1 saturated carbocycles. The van der Waals surface area contributed by atoms with Crippen molar-refractivity contribution in [2.75, 3.05) is 6.26 Å². The van der Waals surface area contributed by atoms with Crippen LogP contribution in [0.15, 0.2) is 78.0 Å². The third-order valence-electron chi connectivity index (χ3n) is 6.59. The molecule has 0 atom stereocenters. The fraction of sp³-hybridized carbons (Fsp3) is 0.241. The number of ether oxygens (including phenoxy) is 1. The third-order valence-corrected chi connectivity index (χ3v) is 7.32. The molecule has 38 heavy (non-hydrogen) atoms. The number of hydrogen-bond donors (Lipinski definition) is 2. The lowest BCUT2D eigenvalue weighted by Crippen LogP contribution is -2.44. The maximum atomic E-state index is 14.0. The van der Waals surface area contributed by atoms with Gasteiger partial charge in [0, 0.05) is 28.6 Å². The lowest BCUT2D eigenvalue weighted by molar-refractivity contribution is 0.0890. The van der Waals surface area contributed by atoms with Crippen LogP contribution in [0.1, 0.15) is 46.4 Å². The molecule has 2 heterocycles. The number of nitrogens with one attached hydrogen (secondary N) is 2. The fourth-order valence-electron chi connectivity index (χ4n) is 4.64. The number of nitrogens with zero attached hydrogens (tertiary/aromatic N) is 2. The number of para-hydroxylation sites is 1. The van der Waals surface area contributed by atoms with Gasteiger partial charge >= 0.3 is 0 Å². The highest BCUT2D eigenvalue weighted by molar-refractivity contribution is 7.98. The minimum absolute atomic E-state index is 0.00642. The smallest absolute Gasteiger partial charge is 0.257 e. The second-order valence-electron chi connectivity index (χ2n) is 9.16. The van der Waals surface area contributed by atoms with Crippen molar-refractivity contribution >= 4 is 34.5 Å². The Morgan fingerprint density at radius 2 is 1.58 bits per heavy atom. The molecule has 4 aromatic rings. The molecular formula is C29H27FN4O3S. The largest absolute Gasteiger partial charge is 0.438 e. The lowest BCUT2D eigenvalue weighted by Gasteiger charge is -2.30. The number of pyridine rings is 2. The summed E-state index contributed by atoms with van der Waals surface area (Å²) in [7, 11) is 0. The number of hydrogen-bond acceptors (Lipinski definition) is 6. The van der Waals surface area contributed by atoms with Crippen LogP contribution < -0.4 is 15.4 Å². The van der Waals surface area contributed by atoms with Crippen molar-refractivity contribution in [2.45, 2.75) is 42.7 Å². The highest BCUT2D eigenvalue weighted by Gasteiger charge is 2.26. The summed E-state index contributed by atoms with van der Waals surface area (Å²) in [5, 5.41) is 7.02. The number of rotatable bonds is 7. The summed E-state index contributed by atoms with van der Waals surface area (Å²) in [6, 6.07) is 17.7. The van der Waals surface area contributed by atoms with Gasteiger partial charge in [0.25, 0.3) is 11.8 Å². The van der Waals surface area contributed by atoms with E-state index in [-0.39, 0.29) is 29.4 Å². The van der Waals surface area contributed by atoms with E-state index in [0.29, 0.717) is 42.5 Å². The number of thioether (sulfide) groups is 1. The Hall–Kier alpha value is -3.98. The zero-order valence-electron chi connectivity index (χ0n) is 20.8. The zero-order chi connectivity index (χ0) is 26.5. The minimum Gasteiger partial charge on any atom is -0.438 e. The van der Waals surface area contributed by atoms with Gasteiger partial charge in [0.05, 0.1) is 17.3 Å². The first kappa shape index (κ1) is 25.7. The van der Waals surface area contributed by atoms with Crippen LogP contribution in [0.4, 0.5) is 4.39 Å². The summed E-state index contributed by atoms with van der Waals surface area (Å²) in [6.45, 7) is 0. The van der Waals surface area contributed by atoms with Crippen molar-refractivity contribution < 1.29 is 18.7 Å². The number of aromatic nitrogens is 2. The molecule has 2 aromatic carbocycles. The molecule has 2 N–H and O–H groups in total. The van der Waals surface area contributed by atoms with Gasteiger partial charge < -0.3 is 15.4 Å². The quantitative estimate of drug-likeness (QED) is 0.296. The van der Waals surface area contributed by atoms with Crippen LogP contribution in [0.2, 0.25) is 0 Å². The number of carbonyl (C=O) groups is 2. The van der Waals surface area contributed by atoms with E-state index in [0.717, 1.165) is 22.5 Å². The monoisotopic (exact) mass is 530 g/mol. The summed E-state index contributed by atoms with van der Waals surface area (Å²) in [4.78, 5) is 35.4. The average Bonchev–Trinajstić information content (AvgIpc) is 2.94. The van der Waals surface area contributed by atoms with E-state index >= 15 is 0 Å². The molecule has 1 aliphatic rings. The zero-order valence-corrected chi connectivity index (χ0v) is 21.6. The van der Waals surface area contributed by atoms with E-state index in [9.17, 15) is 14.0 Å². The first-order chi connectivity index (χ1) is 18.5. The van der Waals surface area contributed by atoms with Crippen molar-refractivity contribution in [3.05, 3.63) is 90.0 Å². The Kier molecular flexibility index (Phi) is 7.83. The number of fused-ring (bicyclic) bond motifs is 1. The van der Waals surface area contributed by atoms with Crippen LogP contribution in [0.3, 0.4) is 0 Å². The molecule has 2 aromatic heterocycles. The van der Waals surface area contributed by atoms with Crippen LogP contribution >= 0.6 is 11.8 Å². The molecule has 0 saturated heterocycles. The fourth-order valence-corrected chi connectivity index (χ4v) is 5.09. The molecule has 194 valence electrons. The summed E-state index contributed by atoms with van der Waals surface area (Å²) < 4.78 is 19.9. The Bertz CT molecular complexity index is 1470. The molecule has 7 nitrogen and oxygen atoms in total. The van der Waals surface area contributed by atoms with E-state index in [4.69, 9.17) is 4.74 Å². The Labute approximate surface area is 224 Å². The Morgan fingerprint density at radius 1 is 0.895 bits per heavy atom. The van der Waals surface area contributed by atoms with E-state index in [1.165, 1.54) is 0 Å². The van der Waals surface area contributed by atoms with E-state index < -0.39 is 11.7 Å². The van der Waals surface area contributed by atoms with Gasteiger partial charge in [-0.25, -0.2) is 9.37 Å². The van der Waals surface area contributed by atoms with Gasteiger partial charge in [0.2, 0.25) is 5.88 Å². The molecule has 0 aliphatic heterocycles. The maximum Gasteiger partial charge on any atom is 0.257 e. The second-order valence-corrected chi connectivity index (χ2v) is 10.0. The predicted molar refractivity (Wildman–Crippen MR) is 145 cm³/mol. The standard InChI is InChI=1S/C29H27FN4O3S/c1-38-23-8-3-7-22(16-23)37-29-25(15-19(30)17-32-29)28(36)34-21-12-10-20(11-13-21)33-27(35)24-9-2-5-18-6-4-14-31-26(18)24/h2-9,14-17,20-21H,10-13H2,1H3,(H,33,35)(H,34,36)/t20-,21+. The molecular weight excluding hydrogens is 503 g/mol. The Balaban J connectivity index is 1.20. The van der Waals surface area contributed by atoms with Crippen molar-refractivity contribution in [3.8, 4) is 11.6 Å². The lowest BCUT2D eigenvalue weighted by atomic mass is 9.90. The molecule has 0 bridgehead atoms. The third kappa shape index (κ3) is 5.94. The van der Waals surface area contributed by atoms with Gasteiger partial charge in [-0.1, -0.05) is 24.3 Å². The summed E-state index contributed by atoms with van der Waals surface area (Å²) >= 11 is 1.56. The summed E-state index contributed by atoms with van der Waals surface area (Å²) in [5.41, 5.74) is 1.27. The summed E-state index contributed by atoms with van der Waals surface area (Å²) in [5.74, 6) is -0.647. The molecule has 0 unspecified atom stereocenters. The van der Waals surface area contributed by atoms with Crippen molar-refractivity contribution in [2.24, 2.45) is 0 Å². The average molecular weight is 531 g/mol. The van der Waals surface area contributed by atoms with Crippen molar-refractivity contribution in [3.63, 3.8) is 0 Å². The first-order valence-corrected chi connectivity index (χ1v) is 13.7. The molecule has 1 fully saturated rings. The number of benzene rings is 2. The van der Waals surface area contributed by atoms with Gasteiger partial charge in [0.1, 0.15) is 17.1 Å². The van der Waals surface area contributed by atoms with Crippen LogP contribution in [-0.4, -0.2) is 40.1 Å². The van der Waals surface area contributed by atoms with Gasteiger partial charge in [-0.15, -0.1) is 11.8 Å². The molecule has 1 aliphatic carbocycles. The van der Waals surface area contributed by atoms with Crippen molar-refractivity contribution in [1.29, 1.82) is 0 Å². The van der Waals surface area contributed by atoms with Gasteiger partial charge in [-0.2, -0.15) is 0 Å². The van der Waals surface area contributed by atoms with E-state index in [1.54, 1.807) is 30.1 Å². The number of carbonyl (C=O) groups excluding carboxylic acids is 2. The molecule has 0 radical (unpaired) electrons. The molecule has 0 spiro atoms. The normalized spacial score (nSPS) is 17.1. The van der Waals surface area contributed by atoms with Crippen LogP contribution in [-0.2, 0) is 0 Å². The summed E-state index contributed by atoms with van der Waals surface area (Å²) in [6.07, 6.45) is 7.44. The predicted octanol–water partition coefficient (Wildman–Crippen LogP) is 5.75. The number of halogens is 1. The highest BCUT2D eigenvalue weighted by Crippen LogP contribution is 2.28.